The fourth-order valence-corrected chi connectivity index (χ4v) is 3.91. The summed E-state index contributed by atoms with van der Waals surface area (Å²) in [6.45, 7) is 2.03. The summed E-state index contributed by atoms with van der Waals surface area (Å²) >= 11 is 13.0. The standard InChI is InChI=1S/C19H17Cl2N7O3S/c1-10(11-2-3-15-16(4-11)31-9-30-15)24-25-18-26-27-19(28(18)22)32-8-17(29)23-14-6-12(20)5-13(21)7-14/h2-7H,8-9,22H2,1H3,(H,23,29)(H,25,26)/b24-10+. The topological polar surface area (TPSA) is 129 Å². The molecule has 1 amide bonds. The second-order valence-corrected chi connectivity index (χ2v) is 8.36. The van der Waals surface area contributed by atoms with Gasteiger partial charge in [0, 0.05) is 21.3 Å². The molecule has 0 radical (unpaired) electrons. The van der Waals surface area contributed by atoms with E-state index in [1.165, 1.54) is 4.68 Å². The molecule has 0 saturated heterocycles. The molecule has 1 aliphatic rings. The minimum Gasteiger partial charge on any atom is -0.454 e. The van der Waals surface area contributed by atoms with Crippen molar-refractivity contribution in [2.24, 2.45) is 5.10 Å². The van der Waals surface area contributed by atoms with Crippen molar-refractivity contribution in [3.8, 4) is 11.5 Å². The van der Waals surface area contributed by atoms with E-state index in [1.807, 2.05) is 25.1 Å². The summed E-state index contributed by atoms with van der Waals surface area (Å²) in [5.41, 5.74) is 4.80. The minimum atomic E-state index is -0.275. The number of nitrogens with one attached hydrogen (secondary N) is 2. The summed E-state index contributed by atoms with van der Waals surface area (Å²) in [5, 5.41) is 16.1. The Morgan fingerprint density at radius 2 is 1.94 bits per heavy atom. The van der Waals surface area contributed by atoms with Crippen molar-refractivity contribution in [2.45, 2.75) is 12.1 Å². The number of hydrogen-bond donors (Lipinski definition) is 3. The molecule has 166 valence electrons. The Balaban J connectivity index is 1.34. The number of thioether (sulfide) groups is 1. The summed E-state index contributed by atoms with van der Waals surface area (Å²) in [7, 11) is 0. The van der Waals surface area contributed by atoms with Gasteiger partial charge in [-0.2, -0.15) is 5.10 Å². The number of nitrogen functional groups attached to an aromatic ring is 1. The molecule has 1 aromatic heterocycles. The highest BCUT2D eigenvalue weighted by atomic mass is 35.5. The van der Waals surface area contributed by atoms with Gasteiger partial charge in [0.2, 0.25) is 17.9 Å². The van der Waals surface area contributed by atoms with Crippen LogP contribution in [-0.2, 0) is 4.79 Å². The predicted molar refractivity (Wildman–Crippen MR) is 124 cm³/mol. The van der Waals surface area contributed by atoms with Gasteiger partial charge in [-0.15, -0.1) is 10.2 Å². The maximum Gasteiger partial charge on any atom is 0.264 e. The van der Waals surface area contributed by atoms with Crippen LogP contribution in [0.25, 0.3) is 0 Å². The number of fused-ring (bicyclic) bond motifs is 1. The zero-order chi connectivity index (χ0) is 22.7. The molecule has 2 aromatic carbocycles. The quantitative estimate of drug-likeness (QED) is 0.197. The van der Waals surface area contributed by atoms with Gasteiger partial charge in [-0.25, -0.2) is 10.1 Å². The number of hydrazone groups is 1. The summed E-state index contributed by atoms with van der Waals surface area (Å²) < 4.78 is 11.9. The molecule has 1 aliphatic heterocycles. The van der Waals surface area contributed by atoms with Gasteiger partial charge in [0.1, 0.15) is 0 Å². The van der Waals surface area contributed by atoms with Crippen molar-refractivity contribution < 1.29 is 14.3 Å². The number of carbonyl (C=O) groups excluding carboxylic acids is 1. The number of carbonyl (C=O) groups is 1. The van der Waals surface area contributed by atoms with Gasteiger partial charge in [-0.3, -0.25) is 4.79 Å². The van der Waals surface area contributed by atoms with E-state index in [4.69, 9.17) is 38.5 Å². The summed E-state index contributed by atoms with van der Waals surface area (Å²) in [5.74, 6) is 7.37. The van der Waals surface area contributed by atoms with Crippen LogP contribution in [-0.4, -0.2) is 39.0 Å². The fourth-order valence-electron chi connectivity index (χ4n) is 2.72. The Labute approximate surface area is 197 Å². The zero-order valence-electron chi connectivity index (χ0n) is 16.6. The Morgan fingerprint density at radius 1 is 1.19 bits per heavy atom. The number of amides is 1. The van der Waals surface area contributed by atoms with Crippen LogP contribution in [0.4, 0.5) is 11.6 Å². The Bertz CT molecular complexity index is 1180. The number of halogens is 2. The summed E-state index contributed by atoms with van der Waals surface area (Å²) in [6, 6.07) is 10.3. The minimum absolute atomic E-state index is 0.0545. The Kier molecular flexibility index (Phi) is 6.58. The molecule has 0 bridgehead atoms. The van der Waals surface area contributed by atoms with Gasteiger partial charge in [0.15, 0.2) is 11.5 Å². The third-order valence-electron chi connectivity index (χ3n) is 4.26. The van der Waals surface area contributed by atoms with Crippen molar-refractivity contribution in [3.05, 3.63) is 52.0 Å². The predicted octanol–water partition coefficient (Wildman–Crippen LogP) is 3.59. The van der Waals surface area contributed by atoms with Crippen molar-refractivity contribution in [1.29, 1.82) is 0 Å². The maximum absolute atomic E-state index is 12.2. The Morgan fingerprint density at radius 3 is 2.72 bits per heavy atom. The van der Waals surface area contributed by atoms with Gasteiger partial charge in [-0.05, 0) is 43.3 Å². The lowest BCUT2D eigenvalue weighted by Crippen LogP contribution is -2.17. The lowest BCUT2D eigenvalue weighted by atomic mass is 10.1. The van der Waals surface area contributed by atoms with Crippen LogP contribution < -0.4 is 26.1 Å². The molecule has 0 spiro atoms. The Hall–Kier alpha value is -3.15. The number of aromatic nitrogens is 3. The smallest absolute Gasteiger partial charge is 0.264 e. The second-order valence-electron chi connectivity index (χ2n) is 6.55. The SMILES string of the molecule is C/C(=N\Nc1nnc(SCC(=O)Nc2cc(Cl)cc(Cl)c2)n1N)c1ccc2c(c1)OCO2. The van der Waals surface area contributed by atoms with Gasteiger partial charge < -0.3 is 20.6 Å². The lowest BCUT2D eigenvalue weighted by Gasteiger charge is -2.07. The number of rotatable bonds is 7. The molecular weight excluding hydrogens is 477 g/mol. The van der Waals surface area contributed by atoms with Crippen molar-refractivity contribution >= 4 is 58.2 Å². The molecular formula is C19H17Cl2N7O3S. The van der Waals surface area contributed by atoms with Gasteiger partial charge in [-0.1, -0.05) is 35.0 Å². The van der Waals surface area contributed by atoms with E-state index in [0.717, 1.165) is 17.3 Å². The maximum atomic E-state index is 12.2. The zero-order valence-corrected chi connectivity index (χ0v) is 19.0. The van der Waals surface area contributed by atoms with E-state index in [0.29, 0.717) is 38.1 Å². The highest BCUT2D eigenvalue weighted by Crippen LogP contribution is 2.32. The number of nitrogens with zero attached hydrogens (tertiary/aromatic N) is 4. The lowest BCUT2D eigenvalue weighted by molar-refractivity contribution is -0.113. The third kappa shape index (κ3) is 5.18. The average molecular weight is 494 g/mol. The molecule has 0 aliphatic carbocycles. The van der Waals surface area contributed by atoms with Crippen molar-refractivity contribution in [3.63, 3.8) is 0 Å². The monoisotopic (exact) mass is 493 g/mol. The molecule has 0 saturated carbocycles. The number of benzene rings is 2. The molecule has 32 heavy (non-hydrogen) atoms. The van der Waals surface area contributed by atoms with Crippen LogP contribution >= 0.6 is 35.0 Å². The summed E-state index contributed by atoms with van der Waals surface area (Å²) in [6.07, 6.45) is 0. The van der Waals surface area contributed by atoms with E-state index < -0.39 is 0 Å². The van der Waals surface area contributed by atoms with E-state index in [2.05, 4.69) is 26.0 Å². The van der Waals surface area contributed by atoms with Crippen LogP contribution in [0.3, 0.4) is 0 Å². The molecule has 0 atom stereocenters. The summed E-state index contributed by atoms with van der Waals surface area (Å²) in [4.78, 5) is 12.2. The van der Waals surface area contributed by atoms with E-state index in [9.17, 15) is 4.79 Å². The first kappa shape index (κ1) is 22.1. The van der Waals surface area contributed by atoms with E-state index in [1.54, 1.807) is 18.2 Å². The number of anilines is 2. The molecule has 2 heterocycles. The van der Waals surface area contributed by atoms with Crippen molar-refractivity contribution in [2.75, 3.05) is 29.1 Å². The number of ether oxygens (including phenoxy) is 2. The normalized spacial score (nSPS) is 12.7. The highest BCUT2D eigenvalue weighted by Gasteiger charge is 2.15. The molecule has 0 fully saturated rings. The highest BCUT2D eigenvalue weighted by molar-refractivity contribution is 7.99. The van der Waals surface area contributed by atoms with Gasteiger partial charge >= 0.3 is 0 Å². The van der Waals surface area contributed by atoms with Gasteiger partial charge in [0.25, 0.3) is 5.95 Å². The van der Waals surface area contributed by atoms with Crippen LogP contribution in [0.15, 0.2) is 46.7 Å². The van der Waals surface area contributed by atoms with E-state index >= 15 is 0 Å². The van der Waals surface area contributed by atoms with Crippen LogP contribution in [0.2, 0.25) is 10.0 Å². The van der Waals surface area contributed by atoms with Crippen LogP contribution in [0, 0.1) is 0 Å². The van der Waals surface area contributed by atoms with E-state index in [-0.39, 0.29) is 24.4 Å². The van der Waals surface area contributed by atoms with Crippen LogP contribution in [0.1, 0.15) is 12.5 Å². The van der Waals surface area contributed by atoms with Crippen molar-refractivity contribution in [1.82, 2.24) is 14.9 Å². The number of nitrogens with two attached hydrogens (primary N) is 1. The van der Waals surface area contributed by atoms with Crippen LogP contribution in [0.5, 0.6) is 11.5 Å². The molecule has 3 aromatic rings. The first-order valence-corrected chi connectivity index (χ1v) is 10.9. The average Bonchev–Trinajstić information content (AvgIpc) is 3.35. The molecule has 10 nitrogen and oxygen atoms in total. The molecule has 4 N–H and O–H groups in total. The third-order valence-corrected chi connectivity index (χ3v) is 5.64. The fraction of sp³-hybridized carbons (Fsp3) is 0.158. The largest absolute Gasteiger partial charge is 0.454 e. The second kappa shape index (κ2) is 9.55. The number of hydrogen-bond acceptors (Lipinski definition) is 9. The molecule has 0 unspecified atom stereocenters. The first-order valence-electron chi connectivity index (χ1n) is 9.18. The first-order chi connectivity index (χ1) is 15.4. The molecule has 4 rings (SSSR count). The van der Waals surface area contributed by atoms with Gasteiger partial charge in [0.05, 0.1) is 11.5 Å². The molecule has 13 heteroatoms.